The Morgan fingerprint density at radius 3 is 2.35 bits per heavy atom. The van der Waals surface area contributed by atoms with E-state index in [0.29, 0.717) is 12.1 Å². The highest BCUT2D eigenvalue weighted by molar-refractivity contribution is 5.97. The Labute approximate surface area is 136 Å². The lowest BCUT2D eigenvalue weighted by Gasteiger charge is -2.35. The number of Topliss-reactive ketones (excluding diaryl/α,β-unsaturated/α-hetero) is 1. The van der Waals surface area contributed by atoms with E-state index in [1.807, 2.05) is 0 Å². The first-order chi connectivity index (χ1) is 11.0. The highest BCUT2D eigenvalue weighted by Crippen LogP contribution is 2.35. The van der Waals surface area contributed by atoms with Crippen LogP contribution < -0.4 is 5.32 Å². The van der Waals surface area contributed by atoms with Gasteiger partial charge in [0, 0.05) is 30.4 Å². The van der Waals surface area contributed by atoms with E-state index in [9.17, 15) is 19.1 Å². The molecule has 5 heteroatoms. The number of hydrogen-bond donors (Lipinski definition) is 2. The zero-order valence-corrected chi connectivity index (χ0v) is 13.3. The number of halogens is 1. The molecule has 0 atom stereocenters. The molecule has 0 aromatic heterocycles. The van der Waals surface area contributed by atoms with E-state index in [4.69, 9.17) is 0 Å². The Balaban J connectivity index is 1.76. The summed E-state index contributed by atoms with van der Waals surface area (Å²) < 4.78 is 12.8. The summed E-state index contributed by atoms with van der Waals surface area (Å²) in [5, 5.41) is 12.5. The normalized spacial score (nSPS) is 16.8. The number of rotatable bonds is 7. The van der Waals surface area contributed by atoms with Crippen LogP contribution in [-0.4, -0.2) is 29.9 Å². The predicted octanol–water partition coefficient (Wildman–Crippen LogP) is 2.85. The zero-order valence-electron chi connectivity index (χ0n) is 13.3. The van der Waals surface area contributed by atoms with Gasteiger partial charge < -0.3 is 10.4 Å². The van der Waals surface area contributed by atoms with Gasteiger partial charge in [0.2, 0.25) is 5.91 Å². The number of aliphatic hydroxyl groups is 1. The van der Waals surface area contributed by atoms with Crippen LogP contribution in [0.25, 0.3) is 0 Å². The second-order valence-electron chi connectivity index (χ2n) is 6.43. The molecule has 23 heavy (non-hydrogen) atoms. The van der Waals surface area contributed by atoms with Crippen LogP contribution in [0.5, 0.6) is 0 Å². The summed E-state index contributed by atoms with van der Waals surface area (Å²) in [6, 6.07) is 5.33. The SMILES string of the molecule is O=C(CCC(=O)c1ccc(F)cc1)NCC1(CO)CCCCC1. The molecule has 2 rings (SSSR count). The van der Waals surface area contributed by atoms with Crippen LogP contribution in [0.15, 0.2) is 24.3 Å². The minimum atomic E-state index is -0.388. The minimum absolute atomic E-state index is 0.0851. The summed E-state index contributed by atoms with van der Waals surface area (Å²) in [7, 11) is 0. The summed E-state index contributed by atoms with van der Waals surface area (Å²) in [6.45, 7) is 0.550. The standard InChI is InChI=1S/C18H24FNO3/c19-15-6-4-14(5-7-15)16(22)8-9-17(23)20-12-18(13-21)10-2-1-3-11-18/h4-7,21H,1-3,8-13H2,(H,20,23). The van der Waals surface area contributed by atoms with Crippen molar-refractivity contribution in [2.75, 3.05) is 13.2 Å². The van der Waals surface area contributed by atoms with Crippen LogP contribution in [0.4, 0.5) is 4.39 Å². The molecule has 2 N–H and O–H groups in total. The fraction of sp³-hybridized carbons (Fsp3) is 0.556. The molecule has 0 aliphatic heterocycles. The van der Waals surface area contributed by atoms with Crippen LogP contribution in [-0.2, 0) is 4.79 Å². The quantitative estimate of drug-likeness (QED) is 0.759. The van der Waals surface area contributed by atoms with Gasteiger partial charge in [-0.1, -0.05) is 19.3 Å². The second kappa shape index (κ2) is 8.20. The van der Waals surface area contributed by atoms with Gasteiger partial charge in [-0.05, 0) is 37.1 Å². The number of amides is 1. The predicted molar refractivity (Wildman–Crippen MR) is 85.6 cm³/mol. The molecule has 0 radical (unpaired) electrons. The Bertz CT molecular complexity index is 536. The third kappa shape index (κ3) is 5.13. The molecule has 0 saturated heterocycles. The van der Waals surface area contributed by atoms with Gasteiger partial charge in [0.1, 0.15) is 5.82 Å². The van der Waals surface area contributed by atoms with Crippen molar-refractivity contribution in [3.8, 4) is 0 Å². The third-order valence-electron chi connectivity index (χ3n) is 4.66. The van der Waals surface area contributed by atoms with Crippen molar-refractivity contribution in [1.82, 2.24) is 5.32 Å². The van der Waals surface area contributed by atoms with Gasteiger partial charge in [-0.3, -0.25) is 9.59 Å². The lowest BCUT2D eigenvalue weighted by atomic mass is 9.74. The number of aliphatic hydroxyl groups excluding tert-OH is 1. The first-order valence-electron chi connectivity index (χ1n) is 8.21. The van der Waals surface area contributed by atoms with Crippen LogP contribution in [0.2, 0.25) is 0 Å². The average molecular weight is 321 g/mol. The molecule has 0 unspecified atom stereocenters. The number of benzene rings is 1. The van der Waals surface area contributed by atoms with Crippen LogP contribution in [0.1, 0.15) is 55.3 Å². The van der Waals surface area contributed by atoms with Crippen molar-refractivity contribution in [2.24, 2.45) is 5.41 Å². The summed E-state index contributed by atoms with van der Waals surface area (Å²) >= 11 is 0. The van der Waals surface area contributed by atoms with E-state index in [2.05, 4.69) is 5.32 Å². The summed E-state index contributed by atoms with van der Waals surface area (Å²) in [5.41, 5.74) is 0.216. The van der Waals surface area contributed by atoms with E-state index in [1.54, 1.807) is 0 Å². The van der Waals surface area contributed by atoms with E-state index >= 15 is 0 Å². The average Bonchev–Trinajstić information content (AvgIpc) is 2.59. The van der Waals surface area contributed by atoms with Gasteiger partial charge in [-0.2, -0.15) is 0 Å². The fourth-order valence-electron chi connectivity index (χ4n) is 3.07. The summed E-state index contributed by atoms with van der Waals surface area (Å²) in [4.78, 5) is 23.9. The molecule has 1 aromatic carbocycles. The molecular formula is C18H24FNO3. The van der Waals surface area contributed by atoms with Gasteiger partial charge >= 0.3 is 0 Å². The Morgan fingerprint density at radius 1 is 1.09 bits per heavy atom. The molecule has 1 aromatic rings. The van der Waals surface area contributed by atoms with Crippen molar-refractivity contribution < 1.29 is 19.1 Å². The van der Waals surface area contributed by atoms with Gasteiger partial charge in [0.15, 0.2) is 5.78 Å². The molecule has 0 bridgehead atoms. The second-order valence-corrected chi connectivity index (χ2v) is 6.43. The highest BCUT2D eigenvalue weighted by Gasteiger charge is 2.31. The monoisotopic (exact) mass is 321 g/mol. The Hall–Kier alpha value is -1.75. The first-order valence-corrected chi connectivity index (χ1v) is 8.21. The maximum atomic E-state index is 12.8. The maximum absolute atomic E-state index is 12.8. The topological polar surface area (TPSA) is 66.4 Å². The fourth-order valence-corrected chi connectivity index (χ4v) is 3.07. The molecule has 1 saturated carbocycles. The van der Waals surface area contributed by atoms with E-state index < -0.39 is 0 Å². The van der Waals surface area contributed by atoms with Gasteiger partial charge in [-0.25, -0.2) is 4.39 Å². The van der Waals surface area contributed by atoms with Crippen LogP contribution in [0, 0.1) is 11.2 Å². The molecule has 1 aliphatic rings. The molecule has 4 nitrogen and oxygen atoms in total. The number of hydrogen-bond acceptors (Lipinski definition) is 3. The van der Waals surface area contributed by atoms with Crippen LogP contribution >= 0.6 is 0 Å². The zero-order chi connectivity index (χ0) is 16.7. The number of carbonyl (C=O) groups is 2. The highest BCUT2D eigenvalue weighted by atomic mass is 19.1. The van der Waals surface area contributed by atoms with Crippen molar-refractivity contribution in [2.45, 2.75) is 44.9 Å². The Morgan fingerprint density at radius 2 is 1.74 bits per heavy atom. The van der Waals surface area contributed by atoms with E-state index in [1.165, 1.54) is 30.7 Å². The van der Waals surface area contributed by atoms with Crippen molar-refractivity contribution in [3.63, 3.8) is 0 Å². The third-order valence-corrected chi connectivity index (χ3v) is 4.66. The smallest absolute Gasteiger partial charge is 0.220 e. The van der Waals surface area contributed by atoms with Crippen molar-refractivity contribution >= 4 is 11.7 Å². The van der Waals surface area contributed by atoms with E-state index in [0.717, 1.165) is 25.7 Å². The van der Waals surface area contributed by atoms with Crippen molar-refractivity contribution in [1.29, 1.82) is 0 Å². The molecule has 1 aliphatic carbocycles. The molecule has 1 fully saturated rings. The molecule has 126 valence electrons. The maximum Gasteiger partial charge on any atom is 0.220 e. The molecular weight excluding hydrogens is 297 g/mol. The van der Waals surface area contributed by atoms with E-state index in [-0.39, 0.29) is 42.4 Å². The number of carbonyl (C=O) groups excluding carboxylic acids is 2. The van der Waals surface area contributed by atoms with Gasteiger partial charge in [0.05, 0.1) is 6.61 Å². The summed E-state index contributed by atoms with van der Waals surface area (Å²) in [5.74, 6) is -0.741. The molecule has 0 spiro atoms. The molecule has 1 amide bonds. The lowest BCUT2D eigenvalue weighted by Crippen LogP contribution is -2.41. The van der Waals surface area contributed by atoms with Gasteiger partial charge in [-0.15, -0.1) is 0 Å². The number of nitrogens with one attached hydrogen (secondary N) is 1. The minimum Gasteiger partial charge on any atom is -0.396 e. The summed E-state index contributed by atoms with van der Waals surface area (Å²) in [6.07, 6.45) is 5.42. The van der Waals surface area contributed by atoms with Gasteiger partial charge in [0.25, 0.3) is 0 Å². The molecule has 0 heterocycles. The first kappa shape index (κ1) is 17.6. The Kier molecular flexibility index (Phi) is 6.28. The van der Waals surface area contributed by atoms with Crippen molar-refractivity contribution in [3.05, 3.63) is 35.6 Å². The number of ketones is 1. The van der Waals surface area contributed by atoms with Crippen LogP contribution in [0.3, 0.4) is 0 Å². The largest absolute Gasteiger partial charge is 0.396 e. The lowest BCUT2D eigenvalue weighted by molar-refractivity contribution is -0.121.